The van der Waals surface area contributed by atoms with Gasteiger partial charge >= 0.3 is 6.09 Å². The van der Waals surface area contributed by atoms with Gasteiger partial charge in [0, 0.05) is 5.92 Å². The lowest BCUT2D eigenvalue weighted by molar-refractivity contribution is -0.136. The number of fused-ring (bicyclic) bond motifs is 1. The number of ether oxygens (including phenoxy) is 1. The molecule has 2 amide bonds. The monoisotopic (exact) mass is 367 g/mol. The molecular formula is C23H29NO3. The standard InChI is InChI=1S/C23H29NO3/c1-16-7-6-11-23(2)12-10-18(14-20(16)23)21(25)24-19(15-27-22(24)26)13-17-8-4-3-5-9-17/h3-5,7-9,18-20H,6,10-15H2,1-2H3/t18-,19+,20+,23+/m0/s1. The Labute approximate surface area is 161 Å². The SMILES string of the molecule is CC1=CCC[C@]2(C)CC[C@H](C(=O)N3C(=O)OC[C@H]3Cc3ccccc3)C[C@H]12. The van der Waals surface area contributed by atoms with Crippen molar-refractivity contribution in [3.8, 4) is 0 Å². The first-order valence-corrected chi connectivity index (χ1v) is 10.2. The van der Waals surface area contributed by atoms with Crippen LogP contribution in [0.25, 0.3) is 0 Å². The summed E-state index contributed by atoms with van der Waals surface area (Å²) >= 11 is 0. The Morgan fingerprint density at radius 3 is 2.81 bits per heavy atom. The van der Waals surface area contributed by atoms with Crippen molar-refractivity contribution in [1.29, 1.82) is 0 Å². The normalized spacial score (nSPS) is 33.3. The number of hydrogen-bond donors (Lipinski definition) is 0. The Kier molecular flexibility index (Phi) is 4.83. The van der Waals surface area contributed by atoms with Gasteiger partial charge in [-0.1, -0.05) is 48.9 Å². The van der Waals surface area contributed by atoms with Crippen LogP contribution in [0.4, 0.5) is 4.79 Å². The summed E-state index contributed by atoms with van der Waals surface area (Å²) in [5, 5.41) is 0. The molecule has 0 N–H and O–H groups in total. The fraction of sp³-hybridized carbons (Fsp3) is 0.565. The van der Waals surface area contributed by atoms with Gasteiger partial charge in [0.25, 0.3) is 0 Å². The molecule has 4 atom stereocenters. The Bertz CT molecular complexity index is 756. The molecule has 27 heavy (non-hydrogen) atoms. The lowest BCUT2D eigenvalue weighted by atomic mass is 9.58. The molecule has 1 aliphatic heterocycles. The van der Waals surface area contributed by atoms with Crippen LogP contribution in [-0.4, -0.2) is 29.5 Å². The average Bonchev–Trinajstić information content (AvgIpc) is 3.02. The highest BCUT2D eigenvalue weighted by Crippen LogP contribution is 2.52. The van der Waals surface area contributed by atoms with Crippen molar-refractivity contribution in [3.63, 3.8) is 0 Å². The summed E-state index contributed by atoms with van der Waals surface area (Å²) in [7, 11) is 0. The Hall–Kier alpha value is -2.10. The fourth-order valence-electron chi connectivity index (χ4n) is 5.36. The van der Waals surface area contributed by atoms with E-state index in [1.54, 1.807) is 0 Å². The van der Waals surface area contributed by atoms with Gasteiger partial charge in [-0.3, -0.25) is 4.79 Å². The predicted octanol–water partition coefficient (Wildman–Crippen LogP) is 4.74. The van der Waals surface area contributed by atoms with E-state index in [0.717, 1.165) is 31.2 Å². The maximum atomic E-state index is 13.3. The van der Waals surface area contributed by atoms with E-state index in [1.165, 1.54) is 16.9 Å². The fourth-order valence-corrected chi connectivity index (χ4v) is 5.36. The first kappa shape index (κ1) is 18.3. The summed E-state index contributed by atoms with van der Waals surface area (Å²) < 4.78 is 5.26. The van der Waals surface area contributed by atoms with Crippen LogP contribution in [0.5, 0.6) is 0 Å². The number of carbonyl (C=O) groups is 2. The Balaban J connectivity index is 1.50. The van der Waals surface area contributed by atoms with Crippen LogP contribution >= 0.6 is 0 Å². The molecular weight excluding hydrogens is 338 g/mol. The predicted molar refractivity (Wildman–Crippen MR) is 104 cm³/mol. The lowest BCUT2D eigenvalue weighted by Crippen LogP contribution is -2.47. The molecule has 3 aliphatic rings. The van der Waals surface area contributed by atoms with Gasteiger partial charge in [0.05, 0.1) is 6.04 Å². The third kappa shape index (κ3) is 3.42. The van der Waals surface area contributed by atoms with Gasteiger partial charge < -0.3 is 4.74 Å². The zero-order valence-corrected chi connectivity index (χ0v) is 16.3. The molecule has 4 heteroatoms. The maximum Gasteiger partial charge on any atom is 0.416 e. The molecule has 0 bridgehead atoms. The maximum absolute atomic E-state index is 13.3. The topological polar surface area (TPSA) is 46.6 Å². The van der Waals surface area contributed by atoms with Gasteiger partial charge in [-0.15, -0.1) is 0 Å². The van der Waals surface area contributed by atoms with Crippen molar-refractivity contribution in [2.24, 2.45) is 17.3 Å². The highest BCUT2D eigenvalue weighted by atomic mass is 16.6. The quantitative estimate of drug-likeness (QED) is 0.725. The third-order valence-corrected chi connectivity index (χ3v) is 7.02. The second-order valence-corrected chi connectivity index (χ2v) is 8.79. The van der Waals surface area contributed by atoms with Crippen molar-refractivity contribution >= 4 is 12.0 Å². The summed E-state index contributed by atoms with van der Waals surface area (Å²) in [5.41, 5.74) is 2.86. The van der Waals surface area contributed by atoms with Crippen molar-refractivity contribution in [2.75, 3.05) is 6.61 Å². The minimum absolute atomic E-state index is 0.0288. The van der Waals surface area contributed by atoms with Gasteiger partial charge in [-0.25, -0.2) is 9.69 Å². The minimum Gasteiger partial charge on any atom is -0.447 e. The first-order valence-electron chi connectivity index (χ1n) is 10.2. The number of nitrogens with zero attached hydrogens (tertiary/aromatic N) is 1. The van der Waals surface area contributed by atoms with Gasteiger partial charge in [0.15, 0.2) is 0 Å². The molecule has 2 aliphatic carbocycles. The number of benzene rings is 1. The summed E-state index contributed by atoms with van der Waals surface area (Å²) in [4.78, 5) is 27.1. The molecule has 1 aromatic rings. The van der Waals surface area contributed by atoms with Crippen LogP contribution in [0.15, 0.2) is 42.0 Å². The van der Waals surface area contributed by atoms with E-state index >= 15 is 0 Å². The minimum atomic E-state index is -0.467. The number of carbonyl (C=O) groups excluding carboxylic acids is 2. The molecule has 4 rings (SSSR count). The van der Waals surface area contributed by atoms with Crippen LogP contribution in [0, 0.1) is 17.3 Å². The number of allylic oxidation sites excluding steroid dienone is 2. The van der Waals surface area contributed by atoms with Crippen LogP contribution in [0.3, 0.4) is 0 Å². The second kappa shape index (κ2) is 7.14. The lowest BCUT2D eigenvalue weighted by Gasteiger charge is -2.47. The molecule has 1 aromatic carbocycles. The number of imide groups is 1. The first-order chi connectivity index (χ1) is 13.0. The molecule has 0 spiro atoms. The summed E-state index contributed by atoms with van der Waals surface area (Å²) in [6.07, 6.45) is 7.68. The molecule has 144 valence electrons. The van der Waals surface area contributed by atoms with Crippen molar-refractivity contribution in [3.05, 3.63) is 47.5 Å². The number of hydrogen-bond acceptors (Lipinski definition) is 3. The van der Waals surface area contributed by atoms with E-state index in [1.807, 2.05) is 30.3 Å². The molecule has 0 aromatic heterocycles. The molecule has 1 saturated carbocycles. The van der Waals surface area contributed by atoms with Crippen molar-refractivity contribution < 1.29 is 14.3 Å². The number of rotatable bonds is 3. The van der Waals surface area contributed by atoms with E-state index in [-0.39, 0.29) is 17.9 Å². The van der Waals surface area contributed by atoms with E-state index in [0.29, 0.717) is 24.4 Å². The molecule has 0 unspecified atom stereocenters. The molecule has 1 saturated heterocycles. The number of cyclic esters (lactones) is 1. The molecule has 1 heterocycles. The van der Waals surface area contributed by atoms with Crippen LogP contribution < -0.4 is 0 Å². The van der Waals surface area contributed by atoms with Crippen molar-refractivity contribution in [2.45, 2.75) is 58.4 Å². The third-order valence-electron chi connectivity index (χ3n) is 7.02. The van der Waals surface area contributed by atoms with E-state index in [9.17, 15) is 9.59 Å². The van der Waals surface area contributed by atoms with Crippen LogP contribution in [0.2, 0.25) is 0 Å². The molecule has 0 radical (unpaired) electrons. The van der Waals surface area contributed by atoms with Gasteiger partial charge in [-0.05, 0) is 62.3 Å². The second-order valence-electron chi connectivity index (χ2n) is 8.79. The van der Waals surface area contributed by atoms with E-state index in [4.69, 9.17) is 4.74 Å². The smallest absolute Gasteiger partial charge is 0.416 e. The van der Waals surface area contributed by atoms with Gasteiger partial charge in [0.2, 0.25) is 5.91 Å². The van der Waals surface area contributed by atoms with E-state index < -0.39 is 6.09 Å². The van der Waals surface area contributed by atoms with Crippen LogP contribution in [0.1, 0.15) is 51.5 Å². The Morgan fingerprint density at radius 1 is 1.26 bits per heavy atom. The average molecular weight is 367 g/mol. The largest absolute Gasteiger partial charge is 0.447 e. The number of amides is 2. The highest BCUT2D eigenvalue weighted by Gasteiger charge is 2.47. The Morgan fingerprint density at radius 2 is 2.04 bits per heavy atom. The van der Waals surface area contributed by atoms with E-state index in [2.05, 4.69) is 19.9 Å². The zero-order chi connectivity index (χ0) is 19.0. The molecule has 4 nitrogen and oxygen atoms in total. The van der Waals surface area contributed by atoms with Gasteiger partial charge in [-0.2, -0.15) is 0 Å². The zero-order valence-electron chi connectivity index (χ0n) is 16.3. The van der Waals surface area contributed by atoms with Crippen LogP contribution in [-0.2, 0) is 16.0 Å². The molecule has 2 fully saturated rings. The summed E-state index contributed by atoms with van der Waals surface area (Å²) in [6.45, 7) is 4.88. The summed E-state index contributed by atoms with van der Waals surface area (Å²) in [5.74, 6) is 0.354. The summed E-state index contributed by atoms with van der Waals surface area (Å²) in [6, 6.07) is 9.82. The highest BCUT2D eigenvalue weighted by molar-refractivity contribution is 5.95. The van der Waals surface area contributed by atoms with Gasteiger partial charge in [0.1, 0.15) is 6.61 Å². The van der Waals surface area contributed by atoms with Crippen molar-refractivity contribution in [1.82, 2.24) is 4.90 Å².